The number of nitrogens with one attached hydrogen (secondary N) is 2. The number of aromatic nitrogens is 1. The third-order valence-corrected chi connectivity index (χ3v) is 3.97. The maximum atomic E-state index is 11.9. The molecule has 3 rings (SSSR count). The van der Waals surface area contributed by atoms with Gasteiger partial charge in [-0.25, -0.2) is 0 Å². The molecule has 1 unspecified atom stereocenters. The molecule has 1 aromatic heterocycles. The predicted molar refractivity (Wildman–Crippen MR) is 89.9 cm³/mol. The van der Waals surface area contributed by atoms with Crippen molar-refractivity contribution in [1.29, 1.82) is 0 Å². The van der Waals surface area contributed by atoms with Gasteiger partial charge in [0.25, 0.3) is 0 Å². The van der Waals surface area contributed by atoms with Crippen LogP contribution in [0.4, 0.5) is 0 Å². The van der Waals surface area contributed by atoms with Gasteiger partial charge in [-0.2, -0.15) is 0 Å². The molecule has 1 aliphatic rings. The number of H-pyrrole nitrogens is 1. The molecule has 4 heteroatoms. The molecule has 1 fully saturated rings. The highest BCUT2D eigenvalue weighted by Gasteiger charge is 2.23. The molecule has 1 saturated heterocycles. The number of aryl methyl sites for hydroxylation is 2. The van der Waals surface area contributed by atoms with E-state index in [1.807, 2.05) is 13.8 Å². The Balaban J connectivity index is 0.000000847. The fourth-order valence-electron chi connectivity index (χ4n) is 2.64. The molecule has 120 valence electrons. The topological polar surface area (TPSA) is 54.1 Å². The van der Waals surface area contributed by atoms with Crippen LogP contribution < -0.4 is 5.32 Å². The van der Waals surface area contributed by atoms with Gasteiger partial charge < -0.3 is 15.0 Å². The molecule has 2 N–H and O–H groups in total. The van der Waals surface area contributed by atoms with Crippen molar-refractivity contribution >= 4 is 16.8 Å². The van der Waals surface area contributed by atoms with E-state index in [-0.39, 0.29) is 12.0 Å². The van der Waals surface area contributed by atoms with Gasteiger partial charge >= 0.3 is 0 Å². The largest absolute Gasteiger partial charge is 0.368 e. The Labute approximate surface area is 132 Å². The van der Waals surface area contributed by atoms with Crippen LogP contribution in [0.3, 0.4) is 0 Å². The van der Waals surface area contributed by atoms with Gasteiger partial charge in [0, 0.05) is 17.8 Å². The Kier molecular flexibility index (Phi) is 5.61. The number of carbonyl (C=O) groups excluding carboxylic acids is 1. The second-order valence-corrected chi connectivity index (χ2v) is 5.54. The van der Waals surface area contributed by atoms with Crippen LogP contribution in [0.5, 0.6) is 0 Å². The molecule has 1 aliphatic heterocycles. The minimum absolute atomic E-state index is 0.00600. The van der Waals surface area contributed by atoms with E-state index >= 15 is 0 Å². The smallest absolute Gasteiger partial charge is 0.249 e. The maximum Gasteiger partial charge on any atom is 0.249 e. The van der Waals surface area contributed by atoms with Crippen molar-refractivity contribution in [2.24, 2.45) is 0 Å². The Morgan fingerprint density at radius 1 is 1.27 bits per heavy atom. The molecule has 1 atom stereocenters. The number of amides is 1. The first-order valence-corrected chi connectivity index (χ1v) is 8.11. The number of carbonyl (C=O) groups is 1. The summed E-state index contributed by atoms with van der Waals surface area (Å²) in [6.07, 6.45) is 1.55. The first-order chi connectivity index (χ1) is 10.6. The minimum Gasteiger partial charge on any atom is -0.368 e. The van der Waals surface area contributed by atoms with Crippen LogP contribution in [0.1, 0.15) is 43.5 Å². The average molecular weight is 302 g/mol. The Morgan fingerprint density at radius 3 is 2.68 bits per heavy atom. The second-order valence-electron chi connectivity index (χ2n) is 5.54. The summed E-state index contributed by atoms with van der Waals surface area (Å²) in [5, 5.41) is 4.13. The van der Waals surface area contributed by atoms with Crippen LogP contribution in [-0.2, 0) is 16.1 Å². The van der Waals surface area contributed by atoms with E-state index in [0.29, 0.717) is 13.2 Å². The summed E-state index contributed by atoms with van der Waals surface area (Å²) >= 11 is 0. The van der Waals surface area contributed by atoms with Gasteiger partial charge in [-0.05, 0) is 61.4 Å². The summed E-state index contributed by atoms with van der Waals surface area (Å²) < 4.78 is 5.37. The van der Waals surface area contributed by atoms with Crippen molar-refractivity contribution in [3.63, 3.8) is 0 Å². The van der Waals surface area contributed by atoms with Crippen LogP contribution in [0.15, 0.2) is 18.2 Å². The van der Waals surface area contributed by atoms with Crippen molar-refractivity contribution in [3.05, 3.63) is 35.0 Å². The summed E-state index contributed by atoms with van der Waals surface area (Å²) in [6.45, 7) is 9.43. The van der Waals surface area contributed by atoms with Gasteiger partial charge in [-0.3, -0.25) is 4.79 Å². The van der Waals surface area contributed by atoms with Crippen LogP contribution in [0.2, 0.25) is 0 Å². The maximum absolute atomic E-state index is 11.9. The lowest BCUT2D eigenvalue weighted by molar-refractivity contribution is -0.130. The van der Waals surface area contributed by atoms with Crippen LogP contribution in [0, 0.1) is 13.8 Å². The third-order valence-electron chi connectivity index (χ3n) is 3.97. The molecule has 4 nitrogen and oxygen atoms in total. The molecule has 22 heavy (non-hydrogen) atoms. The first-order valence-electron chi connectivity index (χ1n) is 8.11. The molecule has 1 amide bonds. The van der Waals surface area contributed by atoms with E-state index in [1.165, 1.54) is 16.5 Å². The van der Waals surface area contributed by atoms with Gasteiger partial charge in [0.2, 0.25) is 5.91 Å². The van der Waals surface area contributed by atoms with E-state index in [4.69, 9.17) is 4.74 Å². The predicted octanol–water partition coefficient (Wildman–Crippen LogP) is 3.61. The van der Waals surface area contributed by atoms with Gasteiger partial charge in [0.15, 0.2) is 0 Å². The summed E-state index contributed by atoms with van der Waals surface area (Å²) in [5.74, 6) is -0.00600. The number of rotatable bonds is 3. The van der Waals surface area contributed by atoms with E-state index in [9.17, 15) is 4.79 Å². The van der Waals surface area contributed by atoms with E-state index < -0.39 is 0 Å². The highest BCUT2D eigenvalue weighted by atomic mass is 16.5. The van der Waals surface area contributed by atoms with Crippen molar-refractivity contribution in [2.75, 3.05) is 6.61 Å². The molecule has 0 aliphatic carbocycles. The van der Waals surface area contributed by atoms with Crippen LogP contribution >= 0.6 is 0 Å². The van der Waals surface area contributed by atoms with Crippen molar-refractivity contribution in [2.45, 2.75) is 53.2 Å². The molecule has 0 saturated carbocycles. The highest BCUT2D eigenvalue weighted by molar-refractivity contribution is 5.83. The fraction of sp³-hybridized carbons (Fsp3) is 0.500. The zero-order valence-corrected chi connectivity index (χ0v) is 14.0. The first kappa shape index (κ1) is 16.6. The van der Waals surface area contributed by atoms with Gasteiger partial charge in [-0.1, -0.05) is 13.8 Å². The van der Waals surface area contributed by atoms with E-state index in [2.05, 4.69) is 42.3 Å². The zero-order chi connectivity index (χ0) is 16.1. The second kappa shape index (κ2) is 7.45. The fourth-order valence-corrected chi connectivity index (χ4v) is 2.64. The lowest BCUT2D eigenvalue weighted by Gasteiger charge is -2.09. The number of benzene rings is 1. The van der Waals surface area contributed by atoms with Gasteiger partial charge in [0.05, 0.1) is 6.54 Å². The Hall–Kier alpha value is -1.81. The van der Waals surface area contributed by atoms with Crippen molar-refractivity contribution < 1.29 is 9.53 Å². The van der Waals surface area contributed by atoms with Crippen molar-refractivity contribution in [1.82, 2.24) is 10.3 Å². The van der Waals surface area contributed by atoms with E-state index in [0.717, 1.165) is 24.1 Å². The third kappa shape index (κ3) is 3.69. The highest BCUT2D eigenvalue weighted by Crippen LogP contribution is 2.20. The standard InChI is InChI=1S/C16H20N2O2.C2H6/c1-10-6-12-8-13(18-14(12)7-11(10)2)9-17-16(19)15-4-3-5-20-15;1-2/h6-8,15,18H,3-5,9H2,1-2H3,(H,17,19);1-2H3. The quantitative estimate of drug-likeness (QED) is 0.910. The molecular weight excluding hydrogens is 276 g/mol. The van der Waals surface area contributed by atoms with Gasteiger partial charge in [0.1, 0.15) is 6.10 Å². The average Bonchev–Trinajstić information content (AvgIpc) is 3.17. The number of hydrogen-bond acceptors (Lipinski definition) is 2. The summed E-state index contributed by atoms with van der Waals surface area (Å²) in [4.78, 5) is 15.2. The van der Waals surface area contributed by atoms with Crippen LogP contribution in [0.25, 0.3) is 10.9 Å². The monoisotopic (exact) mass is 302 g/mol. The SMILES string of the molecule is CC.Cc1cc2cc(CNC(=O)C3CCCO3)[nH]c2cc1C. The number of aromatic amines is 1. The normalized spacial score (nSPS) is 17.2. The van der Waals surface area contributed by atoms with Crippen LogP contribution in [-0.4, -0.2) is 23.6 Å². The number of ether oxygens (including phenoxy) is 1. The van der Waals surface area contributed by atoms with Crippen molar-refractivity contribution in [3.8, 4) is 0 Å². The molecule has 0 radical (unpaired) electrons. The van der Waals surface area contributed by atoms with E-state index in [1.54, 1.807) is 0 Å². The summed E-state index contributed by atoms with van der Waals surface area (Å²) in [7, 11) is 0. The molecule has 0 bridgehead atoms. The Bertz CT molecular complexity index is 601. The van der Waals surface area contributed by atoms with Gasteiger partial charge in [-0.15, -0.1) is 0 Å². The minimum atomic E-state index is -0.260. The lowest BCUT2D eigenvalue weighted by atomic mass is 10.1. The Morgan fingerprint density at radius 2 is 2.00 bits per heavy atom. The number of fused-ring (bicyclic) bond motifs is 1. The molecule has 0 spiro atoms. The number of hydrogen-bond donors (Lipinski definition) is 2. The molecule has 2 aromatic rings. The molecule has 2 heterocycles. The summed E-state index contributed by atoms with van der Waals surface area (Å²) in [6, 6.07) is 6.42. The summed E-state index contributed by atoms with van der Waals surface area (Å²) in [5.41, 5.74) is 4.70. The molecular formula is C18H26N2O2. The zero-order valence-electron chi connectivity index (χ0n) is 14.0. The molecule has 1 aromatic carbocycles. The lowest BCUT2D eigenvalue weighted by Crippen LogP contribution is -2.33.